The highest BCUT2D eigenvalue weighted by atomic mass is 16.5. The van der Waals surface area contributed by atoms with E-state index in [0.717, 1.165) is 5.75 Å². The summed E-state index contributed by atoms with van der Waals surface area (Å²) in [6.45, 7) is 4.10. The van der Waals surface area contributed by atoms with Crippen molar-refractivity contribution in [2.75, 3.05) is 33.9 Å². The minimum Gasteiger partial charge on any atom is -0.497 e. The molecule has 0 bridgehead atoms. The highest BCUT2D eigenvalue weighted by Crippen LogP contribution is 2.17. The zero-order chi connectivity index (χ0) is 19.5. The van der Waals surface area contributed by atoms with E-state index in [0.29, 0.717) is 18.8 Å². The molecular weight excluding hydrogens is 338 g/mol. The second-order valence-corrected chi connectivity index (χ2v) is 6.20. The second-order valence-electron chi connectivity index (χ2n) is 6.20. The number of ether oxygens (including phenoxy) is 3. The molecule has 1 rings (SSSR count). The van der Waals surface area contributed by atoms with Crippen LogP contribution in [0.4, 0.5) is 0 Å². The minimum absolute atomic E-state index is 0.125. The summed E-state index contributed by atoms with van der Waals surface area (Å²) in [4.78, 5) is 25.5. The van der Waals surface area contributed by atoms with Crippen molar-refractivity contribution in [1.82, 2.24) is 4.90 Å². The SMILES string of the molecule is COC(=O)C(C)CN(CC(C)O)C(=O)CCCOc1ccc(OC)cc1. The van der Waals surface area contributed by atoms with Crippen molar-refractivity contribution < 1.29 is 28.9 Å². The predicted octanol–water partition coefficient (Wildman–Crippen LogP) is 1.87. The van der Waals surface area contributed by atoms with Gasteiger partial charge in [-0.3, -0.25) is 9.59 Å². The smallest absolute Gasteiger partial charge is 0.310 e. The molecule has 0 aromatic heterocycles. The zero-order valence-electron chi connectivity index (χ0n) is 15.9. The molecule has 0 radical (unpaired) electrons. The molecule has 0 saturated heterocycles. The number of nitrogens with zero attached hydrogens (tertiary/aromatic N) is 1. The summed E-state index contributed by atoms with van der Waals surface area (Å²) >= 11 is 0. The summed E-state index contributed by atoms with van der Waals surface area (Å²) < 4.78 is 15.4. The molecule has 1 aromatic rings. The average Bonchev–Trinajstić information content (AvgIpc) is 2.63. The van der Waals surface area contributed by atoms with Gasteiger partial charge in [0.1, 0.15) is 11.5 Å². The van der Waals surface area contributed by atoms with E-state index in [4.69, 9.17) is 14.2 Å². The molecule has 1 N–H and O–H groups in total. The molecule has 1 amide bonds. The maximum atomic E-state index is 12.4. The van der Waals surface area contributed by atoms with E-state index in [1.165, 1.54) is 12.0 Å². The van der Waals surface area contributed by atoms with Crippen molar-refractivity contribution >= 4 is 11.9 Å². The number of rotatable bonds is 11. The van der Waals surface area contributed by atoms with E-state index in [1.54, 1.807) is 45.2 Å². The van der Waals surface area contributed by atoms with Gasteiger partial charge in [-0.15, -0.1) is 0 Å². The van der Waals surface area contributed by atoms with Crippen molar-refractivity contribution in [3.63, 3.8) is 0 Å². The van der Waals surface area contributed by atoms with Crippen LogP contribution in [-0.4, -0.2) is 61.9 Å². The van der Waals surface area contributed by atoms with Crippen LogP contribution in [0.15, 0.2) is 24.3 Å². The monoisotopic (exact) mass is 367 g/mol. The number of hydrogen-bond acceptors (Lipinski definition) is 6. The van der Waals surface area contributed by atoms with Crippen LogP contribution in [0, 0.1) is 5.92 Å². The third-order valence-corrected chi connectivity index (χ3v) is 3.80. The van der Waals surface area contributed by atoms with Gasteiger partial charge in [-0.25, -0.2) is 0 Å². The predicted molar refractivity (Wildman–Crippen MR) is 97.2 cm³/mol. The molecule has 26 heavy (non-hydrogen) atoms. The number of carbonyl (C=O) groups excluding carboxylic acids is 2. The average molecular weight is 367 g/mol. The Morgan fingerprint density at radius 3 is 2.23 bits per heavy atom. The quantitative estimate of drug-likeness (QED) is 0.475. The van der Waals surface area contributed by atoms with Gasteiger partial charge in [-0.1, -0.05) is 6.92 Å². The number of benzene rings is 1. The number of aliphatic hydroxyl groups excluding tert-OH is 1. The first kappa shape index (κ1) is 21.8. The van der Waals surface area contributed by atoms with Gasteiger partial charge in [0.25, 0.3) is 0 Å². The van der Waals surface area contributed by atoms with E-state index in [2.05, 4.69) is 0 Å². The normalized spacial score (nSPS) is 12.8. The molecule has 0 aliphatic heterocycles. The van der Waals surface area contributed by atoms with Crippen LogP contribution in [0.25, 0.3) is 0 Å². The van der Waals surface area contributed by atoms with Crippen molar-refractivity contribution in [1.29, 1.82) is 0 Å². The van der Waals surface area contributed by atoms with E-state index >= 15 is 0 Å². The molecule has 7 nitrogen and oxygen atoms in total. The summed E-state index contributed by atoms with van der Waals surface area (Å²) in [6, 6.07) is 7.22. The Hall–Kier alpha value is -2.28. The third kappa shape index (κ3) is 7.74. The summed E-state index contributed by atoms with van der Waals surface area (Å²) in [7, 11) is 2.91. The largest absolute Gasteiger partial charge is 0.497 e. The number of carbonyl (C=O) groups is 2. The lowest BCUT2D eigenvalue weighted by molar-refractivity contribution is -0.146. The Morgan fingerprint density at radius 1 is 1.08 bits per heavy atom. The lowest BCUT2D eigenvalue weighted by atomic mass is 10.1. The fraction of sp³-hybridized carbons (Fsp3) is 0.579. The Kier molecular flexibility index (Phi) is 9.51. The van der Waals surface area contributed by atoms with Gasteiger partial charge in [0.2, 0.25) is 5.91 Å². The molecule has 146 valence electrons. The van der Waals surface area contributed by atoms with Crippen LogP contribution in [0.2, 0.25) is 0 Å². The zero-order valence-corrected chi connectivity index (χ0v) is 15.9. The first-order chi connectivity index (χ1) is 12.4. The van der Waals surface area contributed by atoms with Crippen LogP contribution >= 0.6 is 0 Å². The molecule has 7 heteroatoms. The molecule has 0 spiro atoms. The molecule has 2 atom stereocenters. The number of methoxy groups -OCH3 is 2. The number of aliphatic hydroxyl groups is 1. The molecule has 2 unspecified atom stereocenters. The van der Waals surface area contributed by atoms with Gasteiger partial charge in [0.05, 0.1) is 32.8 Å². The minimum atomic E-state index is -0.667. The van der Waals surface area contributed by atoms with Crippen LogP contribution in [0.5, 0.6) is 11.5 Å². The lowest BCUT2D eigenvalue weighted by Crippen LogP contribution is -2.41. The van der Waals surface area contributed by atoms with E-state index in [-0.39, 0.29) is 31.4 Å². The standard InChI is InChI=1S/C19H29NO6/c1-14(19(23)25-4)12-20(13-15(2)21)18(22)6-5-11-26-17-9-7-16(24-3)8-10-17/h7-10,14-15,21H,5-6,11-13H2,1-4H3. The molecule has 0 fully saturated rings. The fourth-order valence-corrected chi connectivity index (χ4v) is 2.45. The number of amides is 1. The molecule has 0 aliphatic rings. The third-order valence-electron chi connectivity index (χ3n) is 3.80. The van der Waals surface area contributed by atoms with Gasteiger partial charge < -0.3 is 24.2 Å². The summed E-state index contributed by atoms with van der Waals surface area (Å²) in [5, 5.41) is 9.60. The summed E-state index contributed by atoms with van der Waals surface area (Å²) in [6.07, 6.45) is 0.143. The van der Waals surface area contributed by atoms with E-state index < -0.39 is 12.0 Å². The Bertz CT molecular complexity index is 558. The lowest BCUT2D eigenvalue weighted by Gasteiger charge is -2.26. The molecule has 0 heterocycles. The maximum Gasteiger partial charge on any atom is 0.310 e. The van der Waals surface area contributed by atoms with Gasteiger partial charge in [0.15, 0.2) is 0 Å². The molecular formula is C19H29NO6. The van der Waals surface area contributed by atoms with E-state index in [1.807, 2.05) is 0 Å². The van der Waals surface area contributed by atoms with Crippen LogP contribution < -0.4 is 9.47 Å². The topological polar surface area (TPSA) is 85.3 Å². The fourth-order valence-electron chi connectivity index (χ4n) is 2.45. The van der Waals surface area contributed by atoms with Crippen molar-refractivity contribution in [2.45, 2.75) is 32.8 Å². The van der Waals surface area contributed by atoms with Gasteiger partial charge in [-0.2, -0.15) is 0 Å². The van der Waals surface area contributed by atoms with Gasteiger partial charge in [0, 0.05) is 19.5 Å². The second kappa shape index (κ2) is 11.4. The first-order valence-electron chi connectivity index (χ1n) is 8.67. The van der Waals surface area contributed by atoms with Crippen molar-refractivity contribution in [3.8, 4) is 11.5 Å². The van der Waals surface area contributed by atoms with Crippen LogP contribution in [0.1, 0.15) is 26.7 Å². The van der Waals surface area contributed by atoms with E-state index in [9.17, 15) is 14.7 Å². The first-order valence-corrected chi connectivity index (χ1v) is 8.67. The summed E-state index contributed by atoms with van der Waals surface area (Å²) in [5.41, 5.74) is 0. The van der Waals surface area contributed by atoms with Crippen molar-refractivity contribution in [2.24, 2.45) is 5.92 Å². The Morgan fingerprint density at radius 2 is 1.69 bits per heavy atom. The summed E-state index contributed by atoms with van der Waals surface area (Å²) in [5.74, 6) is 0.508. The van der Waals surface area contributed by atoms with Crippen LogP contribution in [-0.2, 0) is 14.3 Å². The molecule has 1 aromatic carbocycles. The van der Waals surface area contributed by atoms with Crippen LogP contribution in [0.3, 0.4) is 0 Å². The van der Waals surface area contributed by atoms with Gasteiger partial charge >= 0.3 is 5.97 Å². The maximum absolute atomic E-state index is 12.4. The highest BCUT2D eigenvalue weighted by Gasteiger charge is 2.22. The number of esters is 1. The highest BCUT2D eigenvalue weighted by molar-refractivity contribution is 5.78. The molecule has 0 aliphatic carbocycles. The van der Waals surface area contributed by atoms with Crippen molar-refractivity contribution in [3.05, 3.63) is 24.3 Å². The Labute approximate surface area is 154 Å². The molecule has 0 saturated carbocycles. The Balaban J connectivity index is 2.45. The number of hydrogen-bond donors (Lipinski definition) is 1. The van der Waals surface area contributed by atoms with Gasteiger partial charge in [-0.05, 0) is 37.6 Å².